The number of thioether (sulfide) groups is 1. The number of nitrogens with zero attached hydrogens (tertiary/aromatic N) is 2. The van der Waals surface area contributed by atoms with E-state index in [1.54, 1.807) is 12.1 Å². The van der Waals surface area contributed by atoms with Crippen LogP contribution in [0.15, 0.2) is 30.3 Å². The third-order valence-corrected chi connectivity index (χ3v) is 4.35. The van der Waals surface area contributed by atoms with Crippen molar-refractivity contribution in [1.29, 1.82) is 0 Å². The number of aromatic nitrogens is 1. The molecular weight excluding hydrogens is 284 g/mol. The van der Waals surface area contributed by atoms with Crippen molar-refractivity contribution in [3.63, 3.8) is 0 Å². The minimum Gasteiger partial charge on any atom is -0.478 e. The number of aromatic carboxylic acids is 1. The van der Waals surface area contributed by atoms with Gasteiger partial charge in [0.2, 0.25) is 0 Å². The molecule has 0 saturated heterocycles. The Labute approximate surface area is 129 Å². The monoisotopic (exact) mass is 304 g/mol. The van der Waals surface area contributed by atoms with Gasteiger partial charge in [-0.1, -0.05) is 6.07 Å². The Morgan fingerprint density at radius 1 is 1.38 bits per heavy atom. The molecule has 4 nitrogen and oxygen atoms in total. The molecule has 2 aromatic rings. The molecule has 1 N–H and O–H groups in total. The first-order valence-electron chi connectivity index (χ1n) is 6.89. The molecule has 0 aliphatic carbocycles. The summed E-state index contributed by atoms with van der Waals surface area (Å²) in [6, 6.07) is 9.33. The van der Waals surface area contributed by atoms with Crippen molar-refractivity contribution >= 4 is 34.5 Å². The van der Waals surface area contributed by atoms with Crippen LogP contribution in [0, 0.1) is 0 Å². The van der Waals surface area contributed by atoms with Crippen LogP contribution in [0.1, 0.15) is 23.7 Å². The molecule has 0 aliphatic heterocycles. The van der Waals surface area contributed by atoms with Crippen LogP contribution in [0.3, 0.4) is 0 Å². The fraction of sp³-hybridized carbons (Fsp3) is 0.375. The molecule has 1 heterocycles. The third kappa shape index (κ3) is 3.47. The normalized spacial score (nSPS) is 12.3. The lowest BCUT2D eigenvalue weighted by Crippen LogP contribution is -2.30. The van der Waals surface area contributed by atoms with Gasteiger partial charge < -0.3 is 10.0 Å². The number of carbonyl (C=O) groups is 1. The summed E-state index contributed by atoms with van der Waals surface area (Å²) in [6.07, 6.45) is 3.20. The molecule has 21 heavy (non-hydrogen) atoms. The highest BCUT2D eigenvalue weighted by atomic mass is 32.2. The Kier molecular flexibility index (Phi) is 5.07. The van der Waals surface area contributed by atoms with Gasteiger partial charge in [0.1, 0.15) is 5.82 Å². The highest BCUT2D eigenvalue weighted by Gasteiger charge is 2.13. The molecular formula is C16H20N2O2S. The maximum atomic E-state index is 11.2. The van der Waals surface area contributed by atoms with E-state index < -0.39 is 5.97 Å². The molecule has 112 valence electrons. The van der Waals surface area contributed by atoms with Gasteiger partial charge >= 0.3 is 5.97 Å². The molecule has 5 heteroatoms. The van der Waals surface area contributed by atoms with Gasteiger partial charge in [0.05, 0.1) is 11.1 Å². The van der Waals surface area contributed by atoms with E-state index in [0.29, 0.717) is 17.0 Å². The Bertz CT molecular complexity index is 645. The quantitative estimate of drug-likeness (QED) is 0.885. The first-order chi connectivity index (χ1) is 10.0. The zero-order chi connectivity index (χ0) is 15.4. The van der Waals surface area contributed by atoms with E-state index in [1.165, 1.54) is 0 Å². The first-order valence-corrected chi connectivity index (χ1v) is 8.29. The maximum Gasteiger partial charge on any atom is 0.336 e. The van der Waals surface area contributed by atoms with Crippen molar-refractivity contribution in [2.24, 2.45) is 0 Å². The number of rotatable bonds is 6. The van der Waals surface area contributed by atoms with Gasteiger partial charge in [0.25, 0.3) is 0 Å². The number of fused-ring (bicyclic) bond motifs is 1. The van der Waals surface area contributed by atoms with E-state index in [9.17, 15) is 9.90 Å². The molecule has 0 fully saturated rings. The Morgan fingerprint density at radius 3 is 2.81 bits per heavy atom. The number of hydrogen-bond acceptors (Lipinski definition) is 4. The van der Waals surface area contributed by atoms with Gasteiger partial charge in [-0.05, 0) is 49.6 Å². The number of pyridine rings is 1. The van der Waals surface area contributed by atoms with E-state index in [-0.39, 0.29) is 0 Å². The van der Waals surface area contributed by atoms with Crippen LogP contribution >= 0.6 is 11.8 Å². The van der Waals surface area contributed by atoms with Gasteiger partial charge in [-0.25, -0.2) is 9.78 Å². The average molecular weight is 304 g/mol. The molecule has 2 rings (SSSR count). The smallest absolute Gasteiger partial charge is 0.336 e. The van der Waals surface area contributed by atoms with E-state index in [4.69, 9.17) is 0 Å². The molecule has 1 aromatic carbocycles. The number of hydrogen-bond donors (Lipinski definition) is 1. The van der Waals surface area contributed by atoms with E-state index in [2.05, 4.69) is 23.1 Å². The van der Waals surface area contributed by atoms with Crippen molar-refractivity contribution in [3.05, 3.63) is 35.9 Å². The molecule has 0 bridgehead atoms. The fourth-order valence-electron chi connectivity index (χ4n) is 2.24. The van der Waals surface area contributed by atoms with Crippen molar-refractivity contribution in [2.75, 3.05) is 24.0 Å². The van der Waals surface area contributed by atoms with Crippen molar-refractivity contribution in [1.82, 2.24) is 4.98 Å². The summed E-state index contributed by atoms with van der Waals surface area (Å²) >= 11 is 1.84. The Morgan fingerprint density at radius 2 is 2.14 bits per heavy atom. The molecule has 0 spiro atoms. The number of carboxylic acid groups (broad SMARTS) is 1. The van der Waals surface area contributed by atoms with E-state index in [0.717, 1.165) is 23.5 Å². The van der Waals surface area contributed by atoms with Crippen molar-refractivity contribution < 1.29 is 9.90 Å². The predicted octanol–water partition coefficient (Wildman–Crippen LogP) is 3.51. The molecule has 0 aliphatic rings. The fourth-order valence-corrected chi connectivity index (χ4v) is 2.81. The zero-order valence-electron chi connectivity index (χ0n) is 12.5. The number of anilines is 1. The number of benzene rings is 1. The SMILES string of the molecule is CSCCC(C)N(C)c1ccc2c(C(=O)O)cccc2n1. The predicted molar refractivity (Wildman–Crippen MR) is 89.6 cm³/mol. The molecule has 1 aromatic heterocycles. The maximum absolute atomic E-state index is 11.2. The van der Waals surface area contributed by atoms with Gasteiger partial charge in [0.15, 0.2) is 0 Å². The second-order valence-electron chi connectivity index (χ2n) is 5.09. The largest absolute Gasteiger partial charge is 0.478 e. The van der Waals surface area contributed by atoms with Crippen LogP contribution in [0.25, 0.3) is 10.9 Å². The zero-order valence-corrected chi connectivity index (χ0v) is 13.4. The lowest BCUT2D eigenvalue weighted by Gasteiger charge is -2.26. The van der Waals surface area contributed by atoms with Gasteiger partial charge in [-0.3, -0.25) is 0 Å². The summed E-state index contributed by atoms with van der Waals surface area (Å²) in [5.74, 6) is 1.07. The first kappa shape index (κ1) is 15.6. The highest BCUT2D eigenvalue weighted by Crippen LogP contribution is 2.22. The Balaban J connectivity index is 2.33. The van der Waals surface area contributed by atoms with Gasteiger partial charge in [-0.2, -0.15) is 11.8 Å². The minimum atomic E-state index is -0.920. The second kappa shape index (κ2) is 6.80. The topological polar surface area (TPSA) is 53.4 Å². The summed E-state index contributed by atoms with van der Waals surface area (Å²) in [5.41, 5.74) is 1.01. The molecule has 0 radical (unpaired) electrons. The summed E-state index contributed by atoms with van der Waals surface area (Å²) in [4.78, 5) is 18.0. The molecule has 0 amide bonds. The van der Waals surface area contributed by atoms with Crippen LogP contribution in [-0.2, 0) is 0 Å². The lowest BCUT2D eigenvalue weighted by molar-refractivity contribution is 0.0699. The van der Waals surface area contributed by atoms with Crippen LogP contribution in [0.5, 0.6) is 0 Å². The molecule has 1 atom stereocenters. The standard InChI is InChI=1S/C16H20N2O2S/c1-11(9-10-21-3)18(2)15-8-7-12-13(16(19)20)5-4-6-14(12)17-15/h4-8,11H,9-10H2,1-3H3,(H,19,20). The summed E-state index contributed by atoms with van der Waals surface area (Å²) in [5, 5.41) is 9.89. The lowest BCUT2D eigenvalue weighted by atomic mass is 10.1. The van der Waals surface area contributed by atoms with E-state index in [1.807, 2.05) is 37.0 Å². The van der Waals surface area contributed by atoms with Crippen molar-refractivity contribution in [2.45, 2.75) is 19.4 Å². The van der Waals surface area contributed by atoms with Crippen LogP contribution < -0.4 is 4.90 Å². The molecule has 1 unspecified atom stereocenters. The summed E-state index contributed by atoms with van der Waals surface area (Å²) in [6.45, 7) is 2.18. The van der Waals surface area contributed by atoms with Crippen LogP contribution in [-0.4, -0.2) is 41.2 Å². The number of carboxylic acids is 1. The Hall–Kier alpha value is -1.75. The molecule has 0 saturated carbocycles. The average Bonchev–Trinajstić information content (AvgIpc) is 2.50. The summed E-state index contributed by atoms with van der Waals surface area (Å²) < 4.78 is 0. The second-order valence-corrected chi connectivity index (χ2v) is 6.07. The summed E-state index contributed by atoms with van der Waals surface area (Å²) in [7, 11) is 2.03. The van der Waals surface area contributed by atoms with Gasteiger partial charge in [0, 0.05) is 18.5 Å². The van der Waals surface area contributed by atoms with E-state index >= 15 is 0 Å². The van der Waals surface area contributed by atoms with Crippen molar-refractivity contribution in [3.8, 4) is 0 Å². The highest BCUT2D eigenvalue weighted by molar-refractivity contribution is 7.98. The van der Waals surface area contributed by atoms with Crippen LogP contribution in [0.2, 0.25) is 0 Å². The van der Waals surface area contributed by atoms with Crippen LogP contribution in [0.4, 0.5) is 5.82 Å². The van der Waals surface area contributed by atoms with Gasteiger partial charge in [-0.15, -0.1) is 0 Å². The third-order valence-electron chi connectivity index (χ3n) is 3.71. The minimum absolute atomic E-state index is 0.296.